The zero-order valence-corrected chi connectivity index (χ0v) is 17.1. The van der Waals surface area contributed by atoms with Gasteiger partial charge in [0.25, 0.3) is 11.5 Å². The fraction of sp³-hybridized carbons (Fsp3) is 0.192. The van der Waals surface area contributed by atoms with Gasteiger partial charge in [0.1, 0.15) is 0 Å². The van der Waals surface area contributed by atoms with Gasteiger partial charge in [0.05, 0.1) is 18.0 Å². The number of aryl methyl sites for hydroxylation is 1. The Kier molecular flexibility index (Phi) is 5.08. The molecule has 1 heterocycles. The molecule has 0 aliphatic heterocycles. The molecule has 4 aromatic rings. The van der Waals surface area contributed by atoms with Crippen molar-refractivity contribution in [1.29, 1.82) is 0 Å². The molecule has 0 saturated carbocycles. The van der Waals surface area contributed by atoms with Crippen LogP contribution in [-0.2, 0) is 13.0 Å². The van der Waals surface area contributed by atoms with E-state index in [-0.39, 0.29) is 23.2 Å². The van der Waals surface area contributed by atoms with E-state index in [2.05, 4.69) is 22.5 Å². The summed E-state index contributed by atoms with van der Waals surface area (Å²) in [5, 5.41) is 8.77. The molecule has 0 unspecified atom stereocenters. The molecule has 1 aromatic heterocycles. The summed E-state index contributed by atoms with van der Waals surface area (Å²) in [6.45, 7) is 0.317. The van der Waals surface area contributed by atoms with Crippen molar-refractivity contribution >= 4 is 16.7 Å². The Bertz CT molecular complexity index is 1310. The Morgan fingerprint density at radius 3 is 2.48 bits per heavy atom. The minimum atomic E-state index is -0.250. The van der Waals surface area contributed by atoms with Crippen molar-refractivity contribution in [3.8, 4) is 0 Å². The maximum absolute atomic E-state index is 13.4. The molecule has 5 rings (SSSR count). The Balaban J connectivity index is 1.54. The molecule has 0 bridgehead atoms. The molecular formula is C26H23N3O2. The summed E-state index contributed by atoms with van der Waals surface area (Å²) in [5.74, 6) is -0.250. The van der Waals surface area contributed by atoms with Gasteiger partial charge in [-0.1, -0.05) is 72.8 Å². The van der Waals surface area contributed by atoms with Crippen LogP contribution in [0.3, 0.4) is 0 Å². The first-order valence-electron chi connectivity index (χ1n) is 10.6. The van der Waals surface area contributed by atoms with Gasteiger partial charge in [-0.2, -0.15) is 5.10 Å². The van der Waals surface area contributed by atoms with Gasteiger partial charge >= 0.3 is 0 Å². The molecule has 0 radical (unpaired) electrons. The third-order valence-corrected chi connectivity index (χ3v) is 5.93. The van der Waals surface area contributed by atoms with Gasteiger partial charge in [0, 0.05) is 5.39 Å². The summed E-state index contributed by atoms with van der Waals surface area (Å²) in [4.78, 5) is 26.4. The first-order chi connectivity index (χ1) is 15.2. The number of benzene rings is 3. The second-order valence-corrected chi connectivity index (χ2v) is 7.96. The Labute approximate surface area is 180 Å². The Morgan fingerprint density at radius 1 is 0.935 bits per heavy atom. The number of amides is 1. The van der Waals surface area contributed by atoms with Gasteiger partial charge in [0.15, 0.2) is 5.69 Å². The van der Waals surface area contributed by atoms with Crippen LogP contribution < -0.4 is 10.9 Å². The maximum Gasteiger partial charge on any atom is 0.274 e. The Morgan fingerprint density at radius 2 is 1.65 bits per heavy atom. The van der Waals surface area contributed by atoms with Gasteiger partial charge in [-0.3, -0.25) is 9.59 Å². The zero-order valence-electron chi connectivity index (χ0n) is 17.1. The highest BCUT2D eigenvalue weighted by Crippen LogP contribution is 2.29. The average molecular weight is 409 g/mol. The van der Waals surface area contributed by atoms with Crippen molar-refractivity contribution in [2.75, 3.05) is 0 Å². The predicted molar refractivity (Wildman–Crippen MR) is 121 cm³/mol. The lowest BCUT2D eigenvalue weighted by molar-refractivity contribution is 0.0927. The number of aromatic nitrogens is 2. The molecule has 0 fully saturated rings. The van der Waals surface area contributed by atoms with Gasteiger partial charge in [0.2, 0.25) is 0 Å². The van der Waals surface area contributed by atoms with E-state index in [1.807, 2.05) is 54.6 Å². The van der Waals surface area contributed by atoms with Crippen LogP contribution >= 0.6 is 0 Å². The van der Waals surface area contributed by atoms with E-state index < -0.39 is 0 Å². The fourth-order valence-electron chi connectivity index (χ4n) is 4.40. The van der Waals surface area contributed by atoms with E-state index in [9.17, 15) is 9.59 Å². The zero-order chi connectivity index (χ0) is 21.2. The molecule has 0 saturated heterocycles. The molecule has 154 valence electrons. The van der Waals surface area contributed by atoms with E-state index in [1.54, 1.807) is 12.1 Å². The molecule has 3 aromatic carbocycles. The quantitative estimate of drug-likeness (QED) is 0.548. The molecule has 1 aliphatic carbocycles. The number of fused-ring (bicyclic) bond motifs is 2. The number of carbonyl (C=O) groups is 1. The van der Waals surface area contributed by atoms with Crippen molar-refractivity contribution in [3.63, 3.8) is 0 Å². The van der Waals surface area contributed by atoms with Crippen LogP contribution in [0.15, 0.2) is 83.7 Å². The van der Waals surface area contributed by atoms with Crippen LogP contribution in [0.2, 0.25) is 0 Å². The van der Waals surface area contributed by atoms with Crippen molar-refractivity contribution in [2.24, 2.45) is 0 Å². The van der Waals surface area contributed by atoms with Crippen LogP contribution in [0.1, 0.15) is 46.1 Å². The highest BCUT2D eigenvalue weighted by atomic mass is 16.2. The number of rotatable bonds is 4. The molecule has 0 spiro atoms. The Hall–Kier alpha value is -3.73. The molecule has 1 amide bonds. The highest BCUT2D eigenvalue weighted by Gasteiger charge is 2.24. The molecule has 5 nitrogen and oxygen atoms in total. The van der Waals surface area contributed by atoms with Crippen molar-refractivity contribution in [2.45, 2.75) is 31.8 Å². The number of nitrogens with zero attached hydrogens (tertiary/aromatic N) is 2. The van der Waals surface area contributed by atoms with E-state index in [1.165, 1.54) is 15.8 Å². The first-order valence-corrected chi connectivity index (χ1v) is 10.6. The van der Waals surface area contributed by atoms with E-state index in [0.717, 1.165) is 24.8 Å². The molecule has 1 aliphatic rings. The summed E-state index contributed by atoms with van der Waals surface area (Å²) < 4.78 is 1.39. The SMILES string of the molecule is O=C(N[C@@H]1CCCc2ccccc21)c1nn(Cc2ccccc2)c(=O)c2ccccc12. The molecule has 1 N–H and O–H groups in total. The van der Waals surface area contributed by atoms with Crippen molar-refractivity contribution in [3.05, 3.63) is 112 Å². The smallest absolute Gasteiger partial charge is 0.274 e. The van der Waals surface area contributed by atoms with Gasteiger partial charge in [-0.15, -0.1) is 0 Å². The van der Waals surface area contributed by atoms with Gasteiger partial charge in [-0.05, 0) is 42.0 Å². The largest absolute Gasteiger partial charge is 0.344 e. The van der Waals surface area contributed by atoms with E-state index >= 15 is 0 Å². The lowest BCUT2D eigenvalue weighted by Gasteiger charge is -2.26. The molecular weight excluding hydrogens is 386 g/mol. The van der Waals surface area contributed by atoms with Gasteiger partial charge < -0.3 is 5.32 Å². The van der Waals surface area contributed by atoms with Crippen LogP contribution in [-0.4, -0.2) is 15.7 Å². The topological polar surface area (TPSA) is 64.0 Å². The monoisotopic (exact) mass is 409 g/mol. The van der Waals surface area contributed by atoms with Crippen LogP contribution in [0.5, 0.6) is 0 Å². The maximum atomic E-state index is 13.4. The number of carbonyl (C=O) groups excluding carboxylic acids is 1. The summed E-state index contributed by atoms with van der Waals surface area (Å²) in [5.41, 5.74) is 3.50. The number of hydrogen-bond donors (Lipinski definition) is 1. The van der Waals surface area contributed by atoms with Crippen molar-refractivity contribution in [1.82, 2.24) is 15.1 Å². The molecule has 31 heavy (non-hydrogen) atoms. The summed E-state index contributed by atoms with van der Waals surface area (Å²) >= 11 is 0. The third kappa shape index (κ3) is 3.75. The first kappa shape index (κ1) is 19.2. The minimum absolute atomic E-state index is 0.0486. The van der Waals surface area contributed by atoms with E-state index in [0.29, 0.717) is 17.3 Å². The lowest BCUT2D eigenvalue weighted by atomic mass is 9.87. The highest BCUT2D eigenvalue weighted by molar-refractivity contribution is 6.04. The molecule has 5 heteroatoms. The van der Waals surface area contributed by atoms with Gasteiger partial charge in [-0.25, -0.2) is 4.68 Å². The molecule has 1 atom stereocenters. The fourth-order valence-corrected chi connectivity index (χ4v) is 4.40. The average Bonchev–Trinajstić information content (AvgIpc) is 2.82. The summed E-state index contributed by atoms with van der Waals surface area (Å²) in [7, 11) is 0. The summed E-state index contributed by atoms with van der Waals surface area (Å²) in [6, 6.07) is 25.1. The van der Waals surface area contributed by atoms with Crippen LogP contribution in [0.4, 0.5) is 0 Å². The minimum Gasteiger partial charge on any atom is -0.344 e. The lowest BCUT2D eigenvalue weighted by Crippen LogP contribution is -2.34. The van der Waals surface area contributed by atoms with Crippen LogP contribution in [0, 0.1) is 0 Å². The van der Waals surface area contributed by atoms with E-state index in [4.69, 9.17) is 0 Å². The number of hydrogen-bond acceptors (Lipinski definition) is 3. The third-order valence-electron chi connectivity index (χ3n) is 5.93. The van der Waals surface area contributed by atoms with Crippen LogP contribution in [0.25, 0.3) is 10.8 Å². The normalized spacial score (nSPS) is 15.4. The summed E-state index contributed by atoms with van der Waals surface area (Å²) in [6.07, 6.45) is 2.96. The second-order valence-electron chi connectivity index (χ2n) is 7.96. The van der Waals surface area contributed by atoms with Crippen molar-refractivity contribution < 1.29 is 4.79 Å². The standard InChI is InChI=1S/C26H23N3O2/c30-25(27-23-16-8-12-19-11-4-5-13-20(19)23)24-21-14-6-7-15-22(21)26(31)29(28-24)17-18-9-2-1-3-10-18/h1-7,9-11,13-15,23H,8,12,16-17H2,(H,27,30)/t23-/m1/s1. The second kappa shape index (κ2) is 8.19. The number of nitrogens with one attached hydrogen (secondary N) is 1. The predicted octanol–water partition coefficient (Wildman–Crippen LogP) is 4.25.